The Hall–Kier alpha value is -2.31. The van der Waals surface area contributed by atoms with Crippen LogP contribution in [0.4, 0.5) is 4.79 Å². The molecule has 2 N–H and O–H groups in total. The molecular weight excluding hydrogens is 338 g/mol. The van der Waals surface area contributed by atoms with Crippen LogP contribution in [0.5, 0.6) is 0 Å². The van der Waals surface area contributed by atoms with Gasteiger partial charge in [-0.2, -0.15) is 0 Å². The maximum Gasteiger partial charge on any atom is 0.331 e. The molecule has 9 heteroatoms. The SMILES string of the molecule is C#CCOCCN1C[C@H]2N(C(=O)CN(C)N2C(N)=O)[C@@H](CCCC)C1=O. The van der Waals surface area contributed by atoms with Gasteiger partial charge in [-0.1, -0.05) is 25.7 Å². The molecule has 0 aromatic carbocycles. The number of primary amides is 1. The van der Waals surface area contributed by atoms with Gasteiger partial charge in [0, 0.05) is 13.6 Å². The van der Waals surface area contributed by atoms with Crippen LogP contribution in [0.25, 0.3) is 0 Å². The first-order chi connectivity index (χ1) is 12.4. The fraction of sp³-hybridized carbons (Fsp3) is 0.706. The lowest BCUT2D eigenvalue weighted by Gasteiger charge is -2.54. The van der Waals surface area contributed by atoms with E-state index < -0.39 is 18.2 Å². The smallest absolute Gasteiger partial charge is 0.331 e. The third-order valence-corrected chi connectivity index (χ3v) is 4.69. The van der Waals surface area contributed by atoms with Crippen LogP contribution in [0.3, 0.4) is 0 Å². The molecule has 0 unspecified atom stereocenters. The normalized spacial score (nSPS) is 23.8. The van der Waals surface area contributed by atoms with Crippen molar-refractivity contribution in [3.05, 3.63) is 0 Å². The Kier molecular flexibility index (Phi) is 6.83. The predicted molar refractivity (Wildman–Crippen MR) is 94.2 cm³/mol. The van der Waals surface area contributed by atoms with Gasteiger partial charge in [0.1, 0.15) is 18.8 Å². The largest absolute Gasteiger partial charge is 0.367 e. The van der Waals surface area contributed by atoms with Crippen LogP contribution in [0.2, 0.25) is 0 Å². The Labute approximate surface area is 154 Å². The molecule has 0 aliphatic carbocycles. The zero-order valence-electron chi connectivity index (χ0n) is 15.4. The van der Waals surface area contributed by atoms with E-state index in [2.05, 4.69) is 5.92 Å². The van der Waals surface area contributed by atoms with Gasteiger partial charge in [-0.15, -0.1) is 6.42 Å². The van der Waals surface area contributed by atoms with Gasteiger partial charge in [0.25, 0.3) is 0 Å². The average molecular weight is 365 g/mol. The number of nitrogens with two attached hydrogens (primary N) is 1. The molecule has 0 saturated carbocycles. The third-order valence-electron chi connectivity index (χ3n) is 4.69. The van der Waals surface area contributed by atoms with Crippen molar-refractivity contribution >= 4 is 17.8 Å². The minimum atomic E-state index is -0.651. The summed E-state index contributed by atoms with van der Waals surface area (Å²) in [7, 11) is 1.64. The first kappa shape index (κ1) is 20.0. The number of amides is 4. The van der Waals surface area contributed by atoms with Crippen molar-refractivity contribution in [1.29, 1.82) is 0 Å². The van der Waals surface area contributed by atoms with E-state index >= 15 is 0 Å². The van der Waals surface area contributed by atoms with E-state index in [1.165, 1.54) is 14.9 Å². The number of hydrogen-bond acceptors (Lipinski definition) is 5. The highest BCUT2D eigenvalue weighted by atomic mass is 16.5. The van der Waals surface area contributed by atoms with E-state index in [1.54, 1.807) is 11.9 Å². The number of fused-ring (bicyclic) bond motifs is 1. The van der Waals surface area contributed by atoms with Crippen LogP contribution in [-0.2, 0) is 14.3 Å². The Balaban J connectivity index is 2.25. The van der Waals surface area contributed by atoms with Gasteiger partial charge in [0.2, 0.25) is 11.8 Å². The van der Waals surface area contributed by atoms with E-state index in [1.807, 2.05) is 6.92 Å². The lowest BCUT2D eigenvalue weighted by atomic mass is 10.0. The molecule has 2 saturated heterocycles. The fourth-order valence-corrected chi connectivity index (χ4v) is 3.51. The zero-order valence-corrected chi connectivity index (χ0v) is 15.4. The Morgan fingerprint density at radius 3 is 2.77 bits per heavy atom. The van der Waals surface area contributed by atoms with Gasteiger partial charge >= 0.3 is 6.03 Å². The molecule has 2 fully saturated rings. The minimum Gasteiger partial charge on any atom is -0.367 e. The lowest BCUT2D eigenvalue weighted by molar-refractivity contribution is -0.187. The Morgan fingerprint density at radius 2 is 2.15 bits per heavy atom. The molecule has 2 aliphatic heterocycles. The summed E-state index contributed by atoms with van der Waals surface area (Å²) >= 11 is 0. The highest BCUT2D eigenvalue weighted by Gasteiger charge is 2.49. The van der Waals surface area contributed by atoms with E-state index in [9.17, 15) is 14.4 Å². The standard InChI is InChI=1S/C17H27N5O4/c1-4-6-7-13-16(24)20(8-10-26-9-5-2)11-14-21(13)15(23)12-19(3)22(14)17(18)25/h2,13-14H,4,6-12H2,1,3H3,(H2,18,25)/t13-,14-/m0/s1. The molecule has 9 nitrogen and oxygen atoms in total. The topological polar surface area (TPSA) is 99.4 Å². The summed E-state index contributed by atoms with van der Waals surface area (Å²) in [5.41, 5.74) is 5.53. The van der Waals surface area contributed by atoms with Crippen LogP contribution in [-0.4, -0.2) is 89.8 Å². The zero-order chi connectivity index (χ0) is 19.3. The summed E-state index contributed by atoms with van der Waals surface area (Å²) in [6.45, 7) is 3.05. The monoisotopic (exact) mass is 365 g/mol. The molecule has 0 radical (unpaired) electrons. The summed E-state index contributed by atoms with van der Waals surface area (Å²) < 4.78 is 5.28. The van der Waals surface area contributed by atoms with Crippen LogP contribution in [0.15, 0.2) is 0 Å². The second-order valence-electron chi connectivity index (χ2n) is 6.48. The number of piperazine rings is 1. The molecule has 2 aliphatic rings. The number of likely N-dealkylation sites (N-methyl/N-ethyl adjacent to an activating group) is 1. The van der Waals surface area contributed by atoms with Crippen LogP contribution < -0.4 is 5.73 Å². The first-order valence-electron chi connectivity index (χ1n) is 8.83. The number of carbonyl (C=O) groups excluding carboxylic acids is 3. The van der Waals surface area contributed by atoms with Crippen LogP contribution in [0, 0.1) is 12.3 Å². The number of urea groups is 1. The van der Waals surface area contributed by atoms with Gasteiger partial charge < -0.3 is 20.3 Å². The molecule has 0 spiro atoms. The second-order valence-corrected chi connectivity index (χ2v) is 6.48. The first-order valence-corrected chi connectivity index (χ1v) is 8.83. The molecule has 26 heavy (non-hydrogen) atoms. The number of rotatable bonds is 7. The van der Waals surface area contributed by atoms with E-state index in [4.69, 9.17) is 16.9 Å². The molecule has 2 rings (SSSR count). The van der Waals surface area contributed by atoms with Crippen molar-refractivity contribution in [3.8, 4) is 12.3 Å². The Bertz CT molecular complexity index is 590. The fourth-order valence-electron chi connectivity index (χ4n) is 3.51. The van der Waals surface area contributed by atoms with Gasteiger partial charge in [0.05, 0.1) is 19.7 Å². The van der Waals surface area contributed by atoms with Crippen molar-refractivity contribution < 1.29 is 19.1 Å². The van der Waals surface area contributed by atoms with Crippen molar-refractivity contribution in [2.75, 3.05) is 39.9 Å². The van der Waals surface area contributed by atoms with Crippen LogP contribution in [0.1, 0.15) is 26.2 Å². The number of ether oxygens (including phenoxy) is 1. The average Bonchev–Trinajstić information content (AvgIpc) is 2.58. The number of carbonyl (C=O) groups is 3. The molecular formula is C17H27N5O4. The second kappa shape index (κ2) is 8.87. The van der Waals surface area contributed by atoms with Crippen molar-refractivity contribution in [2.24, 2.45) is 5.73 Å². The van der Waals surface area contributed by atoms with Gasteiger partial charge in [0.15, 0.2) is 0 Å². The number of hydrazine groups is 1. The van der Waals surface area contributed by atoms with E-state index in [0.29, 0.717) is 19.6 Å². The van der Waals surface area contributed by atoms with Crippen molar-refractivity contribution in [1.82, 2.24) is 19.8 Å². The highest BCUT2D eigenvalue weighted by Crippen LogP contribution is 2.27. The van der Waals surface area contributed by atoms with Gasteiger partial charge in [-0.3, -0.25) is 9.59 Å². The highest BCUT2D eigenvalue weighted by molar-refractivity contribution is 5.91. The summed E-state index contributed by atoms with van der Waals surface area (Å²) in [4.78, 5) is 40.7. The summed E-state index contributed by atoms with van der Waals surface area (Å²) in [5.74, 6) is 2.08. The third kappa shape index (κ3) is 4.08. The van der Waals surface area contributed by atoms with E-state index in [0.717, 1.165) is 12.8 Å². The quantitative estimate of drug-likeness (QED) is 0.481. The number of nitrogens with zero attached hydrogens (tertiary/aromatic N) is 4. The number of terminal acetylenes is 1. The maximum absolute atomic E-state index is 12.9. The molecule has 4 amide bonds. The summed E-state index contributed by atoms with van der Waals surface area (Å²) in [6, 6.07) is -1.24. The van der Waals surface area contributed by atoms with Crippen molar-refractivity contribution in [2.45, 2.75) is 38.4 Å². The minimum absolute atomic E-state index is 0.0145. The van der Waals surface area contributed by atoms with E-state index in [-0.39, 0.29) is 31.5 Å². The van der Waals surface area contributed by atoms with Crippen LogP contribution >= 0.6 is 0 Å². The molecule has 0 aromatic heterocycles. The van der Waals surface area contributed by atoms with Gasteiger partial charge in [-0.05, 0) is 6.42 Å². The summed E-state index contributed by atoms with van der Waals surface area (Å²) in [5, 5.41) is 2.85. The number of unbranched alkanes of at least 4 members (excludes halogenated alkanes) is 1. The molecule has 144 valence electrons. The van der Waals surface area contributed by atoms with Crippen molar-refractivity contribution in [3.63, 3.8) is 0 Å². The molecule has 2 heterocycles. The lowest BCUT2D eigenvalue weighted by Crippen LogP contribution is -2.75. The summed E-state index contributed by atoms with van der Waals surface area (Å²) in [6.07, 6.45) is 6.81. The number of hydrogen-bond donors (Lipinski definition) is 1. The maximum atomic E-state index is 12.9. The Morgan fingerprint density at radius 1 is 1.42 bits per heavy atom. The van der Waals surface area contributed by atoms with Gasteiger partial charge in [-0.25, -0.2) is 14.8 Å². The molecule has 0 bridgehead atoms. The molecule has 0 aromatic rings. The predicted octanol–water partition coefficient (Wildman–Crippen LogP) is -0.567. The molecule has 2 atom stereocenters.